The van der Waals surface area contributed by atoms with Gasteiger partial charge in [0.2, 0.25) is 0 Å². The Bertz CT molecular complexity index is 444. The van der Waals surface area contributed by atoms with Gasteiger partial charge in [-0.2, -0.15) is 0 Å². The first kappa shape index (κ1) is 16.1. The quantitative estimate of drug-likeness (QED) is 0.414. The Kier molecular flexibility index (Phi) is 7.25. The second-order valence-electron chi connectivity index (χ2n) is 4.67. The molecule has 0 aliphatic rings. The van der Waals surface area contributed by atoms with Crippen LogP contribution < -0.4 is 15.8 Å². The average Bonchev–Trinajstić information content (AvgIpc) is 2.45. The summed E-state index contributed by atoms with van der Waals surface area (Å²) < 4.78 is 5.37. The molecule has 0 atom stereocenters. The molecule has 0 aromatic heterocycles. The topological polar surface area (TPSA) is 64.3 Å². The molecule has 0 bridgehead atoms. The number of nitrogens with one attached hydrogen (secondary N) is 1. The minimum absolute atomic E-state index is 0.0940. The van der Waals surface area contributed by atoms with Crippen LogP contribution in [-0.4, -0.2) is 19.1 Å². The molecule has 0 saturated heterocycles. The zero-order chi connectivity index (χ0) is 14.8. The highest BCUT2D eigenvalue weighted by Gasteiger charge is 2.08. The van der Waals surface area contributed by atoms with Crippen LogP contribution in [-0.2, 0) is 0 Å². The SMILES string of the molecule is C=CCOc1ccc(C(=O)NCCCCCC)cc1N. The van der Waals surface area contributed by atoms with Crippen LogP contribution in [0.4, 0.5) is 5.69 Å². The van der Waals surface area contributed by atoms with E-state index in [4.69, 9.17) is 10.5 Å². The molecule has 0 radical (unpaired) electrons. The Balaban J connectivity index is 2.48. The largest absolute Gasteiger partial charge is 0.487 e. The number of carbonyl (C=O) groups excluding carboxylic acids is 1. The summed E-state index contributed by atoms with van der Waals surface area (Å²) in [4.78, 5) is 11.9. The third-order valence-electron chi connectivity index (χ3n) is 2.94. The summed E-state index contributed by atoms with van der Waals surface area (Å²) in [6.07, 6.45) is 6.20. The highest BCUT2D eigenvalue weighted by molar-refractivity contribution is 5.95. The van der Waals surface area contributed by atoms with Crippen molar-refractivity contribution in [2.75, 3.05) is 18.9 Å². The summed E-state index contributed by atoms with van der Waals surface area (Å²) in [7, 11) is 0. The fourth-order valence-corrected chi connectivity index (χ4v) is 1.83. The van der Waals surface area contributed by atoms with Crippen molar-refractivity contribution in [1.82, 2.24) is 5.32 Å². The molecule has 110 valence electrons. The number of amides is 1. The number of unbranched alkanes of at least 4 members (excludes halogenated alkanes) is 3. The smallest absolute Gasteiger partial charge is 0.251 e. The molecule has 0 saturated carbocycles. The van der Waals surface area contributed by atoms with Gasteiger partial charge in [0.05, 0.1) is 5.69 Å². The third kappa shape index (κ3) is 5.34. The molecule has 0 fully saturated rings. The van der Waals surface area contributed by atoms with Crippen molar-refractivity contribution in [3.05, 3.63) is 36.4 Å². The van der Waals surface area contributed by atoms with Crippen molar-refractivity contribution in [3.63, 3.8) is 0 Å². The maximum absolute atomic E-state index is 11.9. The fraction of sp³-hybridized carbons (Fsp3) is 0.438. The van der Waals surface area contributed by atoms with Crippen LogP contribution in [0.1, 0.15) is 43.0 Å². The van der Waals surface area contributed by atoms with Gasteiger partial charge in [-0.25, -0.2) is 0 Å². The van der Waals surface area contributed by atoms with Crippen LogP contribution in [0.5, 0.6) is 5.75 Å². The van der Waals surface area contributed by atoms with Gasteiger partial charge < -0.3 is 15.8 Å². The molecule has 3 N–H and O–H groups in total. The summed E-state index contributed by atoms with van der Waals surface area (Å²) >= 11 is 0. The summed E-state index contributed by atoms with van der Waals surface area (Å²) in [5.41, 5.74) is 6.88. The molecule has 0 spiro atoms. The van der Waals surface area contributed by atoms with Crippen LogP contribution in [0, 0.1) is 0 Å². The van der Waals surface area contributed by atoms with Gasteiger partial charge >= 0.3 is 0 Å². The van der Waals surface area contributed by atoms with Crippen LogP contribution in [0.25, 0.3) is 0 Å². The molecule has 0 unspecified atom stereocenters. The molecular weight excluding hydrogens is 252 g/mol. The van der Waals surface area contributed by atoms with E-state index in [2.05, 4.69) is 18.8 Å². The van der Waals surface area contributed by atoms with E-state index in [1.54, 1.807) is 24.3 Å². The van der Waals surface area contributed by atoms with Crippen molar-refractivity contribution in [2.24, 2.45) is 0 Å². The summed E-state index contributed by atoms with van der Waals surface area (Å²) in [5.74, 6) is 0.480. The third-order valence-corrected chi connectivity index (χ3v) is 2.94. The molecule has 0 aliphatic heterocycles. The van der Waals surface area contributed by atoms with Crippen molar-refractivity contribution in [3.8, 4) is 5.75 Å². The average molecular weight is 276 g/mol. The van der Waals surface area contributed by atoms with E-state index in [1.807, 2.05) is 0 Å². The molecule has 0 aliphatic carbocycles. The lowest BCUT2D eigenvalue weighted by molar-refractivity contribution is 0.0953. The minimum Gasteiger partial charge on any atom is -0.487 e. The number of hydrogen-bond acceptors (Lipinski definition) is 3. The normalized spacial score (nSPS) is 10.1. The first-order valence-electron chi connectivity index (χ1n) is 7.10. The highest BCUT2D eigenvalue weighted by Crippen LogP contribution is 2.22. The number of hydrogen-bond donors (Lipinski definition) is 2. The summed E-state index contributed by atoms with van der Waals surface area (Å²) in [6, 6.07) is 5.07. The number of benzene rings is 1. The van der Waals surface area contributed by atoms with Crippen molar-refractivity contribution >= 4 is 11.6 Å². The molecule has 4 heteroatoms. The second-order valence-corrected chi connectivity index (χ2v) is 4.67. The van der Waals surface area contributed by atoms with Crippen LogP contribution >= 0.6 is 0 Å². The molecule has 0 heterocycles. The lowest BCUT2D eigenvalue weighted by Crippen LogP contribution is -2.24. The van der Waals surface area contributed by atoms with E-state index in [9.17, 15) is 4.79 Å². The molecule has 1 aromatic carbocycles. The molecule has 20 heavy (non-hydrogen) atoms. The van der Waals surface area contributed by atoms with Gasteiger partial charge in [0, 0.05) is 12.1 Å². The number of rotatable bonds is 9. The maximum atomic E-state index is 11.9. The number of ether oxygens (including phenoxy) is 1. The van der Waals surface area contributed by atoms with E-state index in [0.29, 0.717) is 30.2 Å². The highest BCUT2D eigenvalue weighted by atomic mass is 16.5. The fourth-order valence-electron chi connectivity index (χ4n) is 1.83. The summed E-state index contributed by atoms with van der Waals surface area (Å²) in [6.45, 7) is 6.84. The van der Waals surface area contributed by atoms with Crippen LogP contribution in [0.3, 0.4) is 0 Å². The zero-order valence-electron chi connectivity index (χ0n) is 12.2. The molecule has 4 nitrogen and oxygen atoms in total. The van der Waals surface area contributed by atoms with Gasteiger partial charge in [-0.05, 0) is 24.6 Å². The number of carbonyl (C=O) groups is 1. The van der Waals surface area contributed by atoms with Gasteiger partial charge in [-0.1, -0.05) is 38.8 Å². The standard InChI is InChI=1S/C16H24N2O2/c1-3-5-6-7-10-18-16(19)13-8-9-15(14(17)12-13)20-11-4-2/h4,8-9,12H,2-3,5-7,10-11,17H2,1H3,(H,18,19). The van der Waals surface area contributed by atoms with Gasteiger partial charge in [-0.3, -0.25) is 4.79 Å². The molecule has 1 rings (SSSR count). The molecular formula is C16H24N2O2. The van der Waals surface area contributed by atoms with E-state index in [1.165, 1.54) is 12.8 Å². The van der Waals surface area contributed by atoms with Crippen LogP contribution in [0.2, 0.25) is 0 Å². The first-order chi connectivity index (χ1) is 9.69. The van der Waals surface area contributed by atoms with Crippen LogP contribution in [0.15, 0.2) is 30.9 Å². The van der Waals surface area contributed by atoms with E-state index >= 15 is 0 Å². The van der Waals surface area contributed by atoms with E-state index < -0.39 is 0 Å². The Hall–Kier alpha value is -1.97. The maximum Gasteiger partial charge on any atom is 0.251 e. The van der Waals surface area contributed by atoms with Crippen molar-refractivity contribution in [2.45, 2.75) is 32.6 Å². The Labute approximate surface area is 121 Å². The van der Waals surface area contributed by atoms with Crippen molar-refractivity contribution < 1.29 is 9.53 Å². The zero-order valence-corrected chi connectivity index (χ0v) is 12.2. The van der Waals surface area contributed by atoms with E-state index in [0.717, 1.165) is 12.8 Å². The van der Waals surface area contributed by atoms with Gasteiger partial charge in [-0.15, -0.1) is 0 Å². The second kappa shape index (κ2) is 9.02. The molecule has 1 aromatic rings. The lowest BCUT2D eigenvalue weighted by atomic mass is 10.1. The monoisotopic (exact) mass is 276 g/mol. The van der Waals surface area contributed by atoms with Gasteiger partial charge in [0.1, 0.15) is 12.4 Å². The predicted octanol–water partition coefficient (Wildman–Crippen LogP) is 3.14. The first-order valence-corrected chi connectivity index (χ1v) is 7.10. The number of nitrogen functional groups attached to an aromatic ring is 1. The number of anilines is 1. The predicted molar refractivity (Wildman–Crippen MR) is 83.0 cm³/mol. The lowest BCUT2D eigenvalue weighted by Gasteiger charge is -2.09. The Morgan fingerprint density at radius 2 is 2.20 bits per heavy atom. The van der Waals surface area contributed by atoms with Gasteiger partial charge in [0.25, 0.3) is 5.91 Å². The Morgan fingerprint density at radius 1 is 1.40 bits per heavy atom. The van der Waals surface area contributed by atoms with E-state index in [-0.39, 0.29) is 5.91 Å². The Morgan fingerprint density at radius 3 is 2.85 bits per heavy atom. The molecule has 1 amide bonds. The number of nitrogens with two attached hydrogens (primary N) is 1. The van der Waals surface area contributed by atoms with Gasteiger partial charge in [0.15, 0.2) is 0 Å². The minimum atomic E-state index is -0.0940. The van der Waals surface area contributed by atoms with Crippen molar-refractivity contribution in [1.29, 1.82) is 0 Å². The summed E-state index contributed by atoms with van der Waals surface area (Å²) in [5, 5.41) is 2.90.